The minimum absolute atomic E-state index is 0.126. The molecule has 0 radical (unpaired) electrons. The number of piperidine rings is 1. The summed E-state index contributed by atoms with van der Waals surface area (Å²) in [5.41, 5.74) is 0.432. The van der Waals surface area contributed by atoms with E-state index in [1.54, 1.807) is 13.1 Å². The van der Waals surface area contributed by atoms with Gasteiger partial charge in [-0.25, -0.2) is 14.2 Å². The molecule has 1 amide bonds. The lowest BCUT2D eigenvalue weighted by Crippen LogP contribution is -2.70. The van der Waals surface area contributed by atoms with Crippen LogP contribution in [0.15, 0.2) is 18.2 Å². The fourth-order valence-corrected chi connectivity index (χ4v) is 4.89. The number of nitriles is 1. The van der Waals surface area contributed by atoms with Crippen LogP contribution in [0, 0.1) is 23.1 Å². The molecule has 0 bridgehead atoms. The summed E-state index contributed by atoms with van der Waals surface area (Å²) in [5.74, 6) is 0.725. The van der Waals surface area contributed by atoms with Crippen LogP contribution >= 0.6 is 0 Å². The largest absolute Gasteiger partial charge is 0.495 e. The number of benzene rings is 1. The van der Waals surface area contributed by atoms with E-state index in [4.69, 9.17) is 9.72 Å². The number of hydrogen-bond donors (Lipinski definition) is 3. The Morgan fingerprint density at radius 1 is 1.29 bits per heavy atom. The van der Waals surface area contributed by atoms with Crippen molar-refractivity contribution in [3.63, 3.8) is 0 Å². The molecule has 1 aliphatic rings. The third-order valence-electron chi connectivity index (χ3n) is 6.51. The second-order valence-electron chi connectivity index (χ2n) is 9.82. The second kappa shape index (κ2) is 9.43. The Kier molecular flexibility index (Phi) is 6.98. The number of likely N-dealkylation sites (tertiary alicyclic amines) is 1. The van der Waals surface area contributed by atoms with Crippen LogP contribution in [0.25, 0.3) is 11.3 Å². The molecule has 3 atom stereocenters. The summed E-state index contributed by atoms with van der Waals surface area (Å²) in [6.07, 6.45) is -0.317. The molecule has 9 nitrogen and oxygen atoms in total. The molecular formula is C24H32FN6O3+. The van der Waals surface area contributed by atoms with Gasteiger partial charge in [0.05, 0.1) is 30.9 Å². The van der Waals surface area contributed by atoms with Gasteiger partial charge >= 0.3 is 6.09 Å². The van der Waals surface area contributed by atoms with E-state index >= 15 is 0 Å². The molecule has 1 saturated heterocycles. The van der Waals surface area contributed by atoms with Crippen molar-refractivity contribution in [2.75, 3.05) is 32.6 Å². The molecular weight excluding hydrogens is 439 g/mol. The maximum absolute atomic E-state index is 14.7. The second-order valence-corrected chi connectivity index (χ2v) is 9.82. The first-order valence-corrected chi connectivity index (χ1v) is 11.2. The molecule has 1 fully saturated rings. The van der Waals surface area contributed by atoms with Crippen molar-refractivity contribution in [2.45, 2.75) is 45.7 Å². The summed E-state index contributed by atoms with van der Waals surface area (Å²) in [7, 11) is 3.09. The molecule has 10 heteroatoms. The molecule has 1 aliphatic heterocycles. The van der Waals surface area contributed by atoms with E-state index in [0.717, 1.165) is 13.0 Å². The van der Waals surface area contributed by atoms with Crippen molar-refractivity contribution in [1.82, 2.24) is 19.8 Å². The first kappa shape index (κ1) is 25.2. The number of nitrogens with zero attached hydrogens (tertiary/aromatic N) is 4. The van der Waals surface area contributed by atoms with Crippen molar-refractivity contribution >= 4 is 17.9 Å². The van der Waals surface area contributed by atoms with Crippen LogP contribution in [-0.2, 0) is 0 Å². The number of aromatic nitrogens is 2. The maximum Gasteiger partial charge on any atom is 0.405 e. The summed E-state index contributed by atoms with van der Waals surface area (Å²) >= 11 is 0. The average Bonchev–Trinajstić information content (AvgIpc) is 2.76. The number of anilines is 1. The van der Waals surface area contributed by atoms with Crippen molar-refractivity contribution in [3.05, 3.63) is 29.6 Å². The van der Waals surface area contributed by atoms with Gasteiger partial charge < -0.3 is 20.5 Å². The summed E-state index contributed by atoms with van der Waals surface area (Å²) in [5, 5.41) is 24.3. The molecule has 3 unspecified atom stereocenters. The SMILES string of the molecule is CNc1nc(-c2cc(F)c(C#N)c(OC)c2)cc([N+]2(C(C)(C)C)CC(C)CC(NC(=O)O)C2)n1. The number of quaternary nitrogens is 1. The van der Waals surface area contributed by atoms with Crippen LogP contribution < -0.4 is 19.9 Å². The Morgan fingerprint density at radius 3 is 2.56 bits per heavy atom. The van der Waals surface area contributed by atoms with Gasteiger partial charge in [0.1, 0.15) is 29.7 Å². The summed E-state index contributed by atoms with van der Waals surface area (Å²) in [6, 6.07) is 6.25. The molecule has 2 aromatic rings. The number of rotatable bonds is 5. The highest BCUT2D eigenvalue weighted by Crippen LogP contribution is 2.40. The Balaban J connectivity index is 2.22. The fraction of sp³-hybridized carbons (Fsp3) is 0.500. The fourth-order valence-electron chi connectivity index (χ4n) is 4.89. The van der Waals surface area contributed by atoms with E-state index in [1.807, 2.05) is 12.1 Å². The highest BCUT2D eigenvalue weighted by atomic mass is 19.1. The van der Waals surface area contributed by atoms with Crippen molar-refractivity contribution < 1.29 is 19.0 Å². The smallest absolute Gasteiger partial charge is 0.405 e. The van der Waals surface area contributed by atoms with Crippen LogP contribution in [0.3, 0.4) is 0 Å². The van der Waals surface area contributed by atoms with Gasteiger partial charge in [0, 0.05) is 24.6 Å². The number of nitrogens with one attached hydrogen (secondary N) is 2. The van der Waals surface area contributed by atoms with Gasteiger partial charge in [0.25, 0.3) is 0 Å². The van der Waals surface area contributed by atoms with Crippen LogP contribution in [0.2, 0.25) is 0 Å². The van der Waals surface area contributed by atoms with E-state index in [9.17, 15) is 19.6 Å². The number of carboxylic acid groups (broad SMARTS) is 1. The van der Waals surface area contributed by atoms with Crippen molar-refractivity contribution in [2.24, 2.45) is 5.92 Å². The van der Waals surface area contributed by atoms with Gasteiger partial charge in [-0.15, -0.1) is 0 Å². The molecule has 2 heterocycles. The Hall–Kier alpha value is -3.45. The molecule has 3 N–H and O–H groups in total. The zero-order valence-electron chi connectivity index (χ0n) is 20.4. The van der Waals surface area contributed by atoms with Gasteiger partial charge in [0.15, 0.2) is 0 Å². The molecule has 34 heavy (non-hydrogen) atoms. The highest BCUT2D eigenvalue weighted by Gasteiger charge is 2.50. The predicted molar refractivity (Wildman–Crippen MR) is 128 cm³/mol. The highest BCUT2D eigenvalue weighted by molar-refractivity contribution is 5.68. The van der Waals surface area contributed by atoms with Crippen LogP contribution in [0.1, 0.15) is 39.7 Å². The van der Waals surface area contributed by atoms with Gasteiger partial charge in [-0.05, 0) is 39.3 Å². The lowest BCUT2D eigenvalue weighted by molar-refractivity contribution is 0.0652. The minimum Gasteiger partial charge on any atom is -0.495 e. The Morgan fingerprint density at radius 2 is 2.00 bits per heavy atom. The standard InChI is InChI=1S/C24H31FN6O3/c1-14-7-16(28-23(32)33)13-31(12-14,24(2,3)4)21-10-19(29-22(27-5)30-21)15-8-18(25)17(11-26)20(9-15)34-6/h8-10,14,16,28H,7,12-13H2,1-6H3,(H-,27,29,30,32,33)/p+1. The minimum atomic E-state index is -1.05. The Labute approximate surface area is 199 Å². The summed E-state index contributed by atoms with van der Waals surface area (Å²) in [4.78, 5) is 20.8. The van der Waals surface area contributed by atoms with Crippen LogP contribution in [0.5, 0.6) is 5.75 Å². The monoisotopic (exact) mass is 471 g/mol. The van der Waals surface area contributed by atoms with Gasteiger partial charge in [-0.1, -0.05) is 6.92 Å². The number of ether oxygens (including phenoxy) is 1. The zero-order chi connectivity index (χ0) is 25.3. The van der Waals surface area contributed by atoms with Gasteiger partial charge in [-0.2, -0.15) is 10.2 Å². The van der Waals surface area contributed by atoms with E-state index < -0.39 is 11.9 Å². The number of amides is 1. The first-order valence-electron chi connectivity index (χ1n) is 11.2. The van der Waals surface area contributed by atoms with E-state index in [-0.39, 0.29) is 28.8 Å². The molecule has 0 aliphatic carbocycles. The molecule has 0 saturated carbocycles. The maximum atomic E-state index is 14.7. The quantitative estimate of drug-likeness (QED) is 0.564. The van der Waals surface area contributed by atoms with Gasteiger partial charge in [0.2, 0.25) is 11.8 Å². The third kappa shape index (κ3) is 4.75. The first-order chi connectivity index (χ1) is 15.9. The number of methoxy groups -OCH3 is 1. The lowest BCUT2D eigenvalue weighted by atomic mass is 9.87. The summed E-state index contributed by atoms with van der Waals surface area (Å²) in [6.45, 7) is 9.70. The van der Waals surface area contributed by atoms with Crippen molar-refractivity contribution in [1.29, 1.82) is 5.26 Å². The molecule has 3 rings (SSSR count). The van der Waals surface area contributed by atoms with Crippen molar-refractivity contribution in [3.8, 4) is 23.1 Å². The zero-order valence-corrected chi connectivity index (χ0v) is 20.4. The molecule has 0 spiro atoms. The van der Waals surface area contributed by atoms with E-state index in [1.165, 1.54) is 13.2 Å². The topological polar surface area (TPSA) is 120 Å². The van der Waals surface area contributed by atoms with Crippen LogP contribution in [-0.4, -0.2) is 60.0 Å². The normalized spacial score (nSPS) is 22.5. The molecule has 1 aromatic heterocycles. The summed E-state index contributed by atoms with van der Waals surface area (Å²) < 4.78 is 20.3. The molecule has 182 valence electrons. The average molecular weight is 472 g/mol. The number of halogens is 1. The van der Waals surface area contributed by atoms with E-state index in [2.05, 4.69) is 43.3 Å². The number of hydrogen-bond acceptors (Lipinski definition) is 6. The number of carbonyl (C=O) groups is 1. The predicted octanol–water partition coefficient (Wildman–Crippen LogP) is 3.99. The third-order valence-corrected chi connectivity index (χ3v) is 6.51. The Bertz CT molecular complexity index is 1130. The molecule has 1 aromatic carbocycles. The van der Waals surface area contributed by atoms with Crippen LogP contribution in [0.4, 0.5) is 21.0 Å². The van der Waals surface area contributed by atoms with E-state index in [0.29, 0.717) is 34.1 Å². The van der Waals surface area contributed by atoms with Gasteiger partial charge in [-0.3, -0.25) is 4.48 Å². The lowest BCUT2D eigenvalue weighted by Gasteiger charge is -2.52.